The molecule has 1 aliphatic heterocycles. The first-order valence-corrected chi connectivity index (χ1v) is 14.5. The molecule has 0 saturated carbocycles. The van der Waals surface area contributed by atoms with Crippen molar-refractivity contribution in [1.82, 2.24) is 0 Å². The minimum atomic E-state index is -1.66. The number of amides is 1. The van der Waals surface area contributed by atoms with Crippen molar-refractivity contribution < 1.29 is 4.79 Å². The first-order chi connectivity index (χ1) is 11.2. The molecule has 3 rings (SSSR count). The number of hydrogen-bond donors (Lipinski definition) is 1. The zero-order valence-corrected chi connectivity index (χ0v) is 16.2. The van der Waals surface area contributed by atoms with Crippen molar-refractivity contribution in [3.05, 3.63) is 79.5 Å². The van der Waals surface area contributed by atoms with Crippen LogP contribution in [0.4, 0.5) is 11.4 Å². The summed E-state index contributed by atoms with van der Waals surface area (Å²) in [6.07, 6.45) is 6.18. The number of allylic oxidation sites excluding steroid dienone is 3. The van der Waals surface area contributed by atoms with Gasteiger partial charge in [0.2, 0.25) is 0 Å². The number of anilines is 1. The predicted octanol–water partition coefficient (Wildman–Crippen LogP) is 4.34. The molecule has 0 unspecified atom stereocenters. The van der Waals surface area contributed by atoms with Crippen molar-refractivity contribution in [2.24, 2.45) is 4.99 Å². The van der Waals surface area contributed by atoms with E-state index in [1.807, 2.05) is 54.7 Å². The van der Waals surface area contributed by atoms with Gasteiger partial charge in [-0.1, -0.05) is 0 Å². The van der Waals surface area contributed by atoms with E-state index in [0.717, 1.165) is 5.69 Å². The Morgan fingerprint density at radius 1 is 1.09 bits per heavy atom. The maximum atomic E-state index is 12.5. The van der Waals surface area contributed by atoms with E-state index in [-0.39, 0.29) is 5.91 Å². The van der Waals surface area contributed by atoms with Gasteiger partial charge in [-0.2, -0.15) is 0 Å². The summed E-state index contributed by atoms with van der Waals surface area (Å²) in [4.78, 5) is 17.1. The number of carbonyl (C=O) groups is 1. The Balaban J connectivity index is 1.80. The zero-order valence-electron chi connectivity index (χ0n) is 12.9. The average Bonchev–Trinajstić information content (AvgIpc) is 2.99. The Morgan fingerprint density at radius 2 is 1.83 bits per heavy atom. The monoisotopic (exact) mass is 404 g/mol. The summed E-state index contributed by atoms with van der Waals surface area (Å²) < 4.78 is 6.01. The second kappa shape index (κ2) is 7.47. The molecule has 3 nitrogen and oxygen atoms in total. The Hall–Kier alpha value is -2.07. The molecule has 1 aliphatic rings. The molecule has 2 aromatic rings. The topological polar surface area (TPSA) is 41.5 Å². The summed E-state index contributed by atoms with van der Waals surface area (Å²) >= 11 is -1.66. The number of nitrogens with zero attached hydrogens (tertiary/aromatic N) is 1. The van der Waals surface area contributed by atoms with Gasteiger partial charge < -0.3 is 0 Å². The van der Waals surface area contributed by atoms with Crippen LogP contribution in [0.1, 0.15) is 10.4 Å². The van der Waals surface area contributed by atoms with Gasteiger partial charge in [0.05, 0.1) is 0 Å². The summed E-state index contributed by atoms with van der Waals surface area (Å²) in [6, 6.07) is 16.9. The molecule has 2 aromatic carbocycles. The molecule has 0 spiro atoms. The Morgan fingerprint density at radius 3 is 2.57 bits per heavy atom. The molecule has 1 amide bonds. The van der Waals surface area contributed by atoms with Crippen molar-refractivity contribution in [3.8, 4) is 0 Å². The van der Waals surface area contributed by atoms with Crippen molar-refractivity contribution in [2.75, 3.05) is 5.32 Å². The van der Waals surface area contributed by atoms with Gasteiger partial charge >= 0.3 is 144 Å². The van der Waals surface area contributed by atoms with Gasteiger partial charge in [0.15, 0.2) is 0 Å². The number of aliphatic imine (C=N–C) groups is 1. The van der Waals surface area contributed by atoms with Crippen LogP contribution in [-0.2, 0) is 0 Å². The molecule has 0 aromatic heterocycles. The van der Waals surface area contributed by atoms with Crippen molar-refractivity contribution in [2.45, 2.75) is 4.68 Å². The van der Waals surface area contributed by atoms with Crippen LogP contribution in [0.25, 0.3) is 0 Å². The minimum absolute atomic E-state index is 0.140. The summed E-state index contributed by atoms with van der Waals surface area (Å²) in [5.41, 5.74) is 2.07. The third-order valence-electron chi connectivity index (χ3n) is 3.75. The number of para-hydroxylation sites is 2. The van der Waals surface area contributed by atoms with Crippen LogP contribution in [0.2, 0.25) is 4.68 Å². The molecule has 0 bridgehead atoms. The molecule has 0 fully saturated rings. The molecular formula is C19H17InN2O. The molecule has 23 heavy (non-hydrogen) atoms. The van der Waals surface area contributed by atoms with Crippen LogP contribution in [-0.4, -0.2) is 33.6 Å². The average molecular weight is 404 g/mol. The Kier molecular flexibility index (Phi) is 5.13. The first kappa shape index (κ1) is 15.8. The second-order valence-electron chi connectivity index (χ2n) is 5.44. The van der Waals surface area contributed by atoms with Crippen molar-refractivity contribution in [3.63, 3.8) is 0 Å². The van der Waals surface area contributed by atoms with E-state index in [1.165, 1.54) is 3.33 Å². The van der Waals surface area contributed by atoms with Crippen molar-refractivity contribution in [1.29, 1.82) is 0 Å². The maximum absolute atomic E-state index is 12.5. The van der Waals surface area contributed by atoms with Gasteiger partial charge in [0.1, 0.15) is 0 Å². The van der Waals surface area contributed by atoms with Crippen LogP contribution in [0.15, 0.2) is 78.9 Å². The van der Waals surface area contributed by atoms with E-state index < -0.39 is 21.4 Å². The fraction of sp³-hybridized carbons (Fsp3) is 0.0526. The van der Waals surface area contributed by atoms with Gasteiger partial charge in [0, 0.05) is 0 Å². The summed E-state index contributed by atoms with van der Waals surface area (Å²) in [5, 5.41) is 2.91. The van der Waals surface area contributed by atoms with E-state index >= 15 is 0 Å². The SMILES string of the molecule is [CH3][In]1[CH]=CC=[C]1C=Nc1ccccc1C(=O)Nc1ccccc1. The summed E-state index contributed by atoms with van der Waals surface area (Å²) in [6.45, 7) is 0. The quantitative estimate of drug-likeness (QED) is 0.757. The number of carbonyl (C=O) groups excluding carboxylic acids is 1. The molecule has 1 N–H and O–H groups in total. The van der Waals surface area contributed by atoms with Crippen LogP contribution in [0.5, 0.6) is 0 Å². The third-order valence-corrected chi connectivity index (χ3v) is 10.0. The Labute approximate surface area is 144 Å². The first-order valence-electron chi connectivity index (χ1n) is 7.62. The molecule has 4 heteroatoms. The molecular weight excluding hydrogens is 387 g/mol. The van der Waals surface area contributed by atoms with E-state index in [0.29, 0.717) is 11.3 Å². The zero-order chi connectivity index (χ0) is 16.1. The fourth-order valence-corrected chi connectivity index (χ4v) is 6.37. The summed E-state index contributed by atoms with van der Waals surface area (Å²) in [5.74, 6) is -0.140. The number of rotatable bonds is 4. The standard InChI is InChI=1S/C18H14N2O.CH3.In/c1-2-3-9-14-19-17-13-8-7-12-16(17)18(21)20-15-10-5-4-6-11-15;;/h1-8,10-14H,(H,20,21);1H3;. The van der Waals surface area contributed by atoms with Gasteiger partial charge in [0.25, 0.3) is 0 Å². The number of hydrogen-bond acceptors (Lipinski definition) is 2. The molecule has 0 atom stereocenters. The predicted molar refractivity (Wildman–Crippen MR) is 97.8 cm³/mol. The summed E-state index contributed by atoms with van der Waals surface area (Å²) in [7, 11) is 0. The van der Waals surface area contributed by atoms with Crippen LogP contribution in [0, 0.1) is 0 Å². The van der Waals surface area contributed by atoms with E-state index in [2.05, 4.69) is 31.0 Å². The van der Waals surface area contributed by atoms with E-state index in [1.54, 1.807) is 6.07 Å². The second-order valence-corrected chi connectivity index (χ2v) is 12.9. The fourth-order valence-electron chi connectivity index (χ4n) is 2.40. The van der Waals surface area contributed by atoms with E-state index in [9.17, 15) is 4.79 Å². The molecule has 0 saturated heterocycles. The third kappa shape index (κ3) is 4.02. The van der Waals surface area contributed by atoms with Gasteiger partial charge in [-0.3, -0.25) is 0 Å². The van der Waals surface area contributed by atoms with Gasteiger partial charge in [-0.05, 0) is 0 Å². The van der Waals surface area contributed by atoms with E-state index in [4.69, 9.17) is 0 Å². The van der Waals surface area contributed by atoms with Crippen LogP contribution < -0.4 is 5.32 Å². The van der Waals surface area contributed by atoms with Crippen LogP contribution in [0.3, 0.4) is 0 Å². The molecule has 1 heterocycles. The number of nitrogens with one attached hydrogen (secondary N) is 1. The molecule has 0 radical (unpaired) electrons. The molecule has 112 valence electrons. The van der Waals surface area contributed by atoms with Gasteiger partial charge in [-0.15, -0.1) is 0 Å². The van der Waals surface area contributed by atoms with Gasteiger partial charge in [-0.25, -0.2) is 0 Å². The molecule has 0 aliphatic carbocycles. The Bertz CT molecular complexity index is 794. The van der Waals surface area contributed by atoms with Crippen LogP contribution >= 0.6 is 0 Å². The number of benzene rings is 2. The van der Waals surface area contributed by atoms with Crippen molar-refractivity contribution >= 4 is 44.9 Å². The normalized spacial score (nSPS) is 13.4.